The molecule has 166 valence electrons. The van der Waals surface area contributed by atoms with Gasteiger partial charge in [0.1, 0.15) is 17.9 Å². The van der Waals surface area contributed by atoms with Gasteiger partial charge in [0.25, 0.3) is 0 Å². The van der Waals surface area contributed by atoms with Crippen molar-refractivity contribution < 1.29 is 9.47 Å². The predicted octanol–water partition coefficient (Wildman–Crippen LogP) is 2.77. The normalized spacial score (nSPS) is 16.6. The molecular formula is C21H33IN6O2. The van der Waals surface area contributed by atoms with E-state index in [1.165, 1.54) is 6.42 Å². The van der Waals surface area contributed by atoms with Crippen molar-refractivity contribution in [1.82, 2.24) is 25.4 Å². The van der Waals surface area contributed by atoms with Crippen LogP contribution in [-0.2, 0) is 24.2 Å². The van der Waals surface area contributed by atoms with Gasteiger partial charge < -0.3 is 24.7 Å². The highest BCUT2D eigenvalue weighted by Gasteiger charge is 2.14. The number of benzene rings is 1. The molecule has 0 saturated carbocycles. The monoisotopic (exact) mass is 528 g/mol. The summed E-state index contributed by atoms with van der Waals surface area (Å²) in [6.07, 6.45) is 6.37. The van der Waals surface area contributed by atoms with Crippen LogP contribution in [0.3, 0.4) is 0 Å². The van der Waals surface area contributed by atoms with E-state index in [1.807, 2.05) is 18.2 Å². The van der Waals surface area contributed by atoms with E-state index >= 15 is 0 Å². The molecule has 1 fully saturated rings. The van der Waals surface area contributed by atoms with E-state index in [1.54, 1.807) is 13.4 Å². The lowest BCUT2D eigenvalue weighted by Gasteiger charge is -2.24. The standard InChI is InChI=1S/C21H32N6O2.HI/c1-3-20-26-25-16-27(20)11-10-22-21(24-15-19-8-4-5-12-29-19)23-14-17-7-6-9-18(13-17)28-2;/h6-7,9,13,16,19H,3-5,8,10-12,14-15H2,1-2H3,(H2,22,23,24);1H. The van der Waals surface area contributed by atoms with Crippen molar-refractivity contribution in [2.24, 2.45) is 4.99 Å². The molecule has 2 N–H and O–H groups in total. The van der Waals surface area contributed by atoms with Crippen LogP contribution in [0.25, 0.3) is 0 Å². The van der Waals surface area contributed by atoms with Gasteiger partial charge >= 0.3 is 0 Å². The maximum atomic E-state index is 5.83. The summed E-state index contributed by atoms with van der Waals surface area (Å²) in [5.41, 5.74) is 1.10. The number of nitrogens with one attached hydrogen (secondary N) is 2. The first-order chi connectivity index (χ1) is 14.3. The Morgan fingerprint density at radius 3 is 3.00 bits per heavy atom. The maximum Gasteiger partial charge on any atom is 0.191 e. The summed E-state index contributed by atoms with van der Waals surface area (Å²) < 4.78 is 13.2. The molecule has 1 saturated heterocycles. The van der Waals surface area contributed by atoms with Crippen LogP contribution >= 0.6 is 24.0 Å². The fourth-order valence-electron chi connectivity index (χ4n) is 3.33. The van der Waals surface area contributed by atoms with Gasteiger partial charge in [0.2, 0.25) is 0 Å². The van der Waals surface area contributed by atoms with Crippen LogP contribution in [0, 0.1) is 0 Å². The van der Waals surface area contributed by atoms with E-state index in [4.69, 9.17) is 14.5 Å². The summed E-state index contributed by atoms with van der Waals surface area (Å²) in [7, 11) is 1.68. The second-order valence-electron chi connectivity index (χ2n) is 7.11. The fraction of sp³-hybridized carbons (Fsp3) is 0.571. The fourth-order valence-corrected chi connectivity index (χ4v) is 3.33. The molecule has 1 aliphatic heterocycles. The molecular weight excluding hydrogens is 495 g/mol. The molecule has 2 heterocycles. The third-order valence-electron chi connectivity index (χ3n) is 4.98. The molecule has 1 unspecified atom stereocenters. The molecule has 1 aromatic heterocycles. The molecule has 0 bridgehead atoms. The number of hydrogen-bond acceptors (Lipinski definition) is 5. The number of ether oxygens (including phenoxy) is 2. The van der Waals surface area contributed by atoms with Gasteiger partial charge in [-0.05, 0) is 37.0 Å². The molecule has 1 aliphatic rings. The summed E-state index contributed by atoms with van der Waals surface area (Å²) in [4.78, 5) is 4.76. The average Bonchev–Trinajstić information content (AvgIpc) is 3.23. The molecule has 0 spiro atoms. The number of aromatic nitrogens is 3. The number of aryl methyl sites for hydroxylation is 1. The number of nitrogens with zero attached hydrogens (tertiary/aromatic N) is 4. The van der Waals surface area contributed by atoms with Crippen molar-refractivity contribution in [3.63, 3.8) is 0 Å². The van der Waals surface area contributed by atoms with Gasteiger partial charge in [0, 0.05) is 32.7 Å². The quantitative estimate of drug-likeness (QED) is 0.296. The first-order valence-electron chi connectivity index (χ1n) is 10.4. The van der Waals surface area contributed by atoms with Crippen molar-refractivity contribution in [3.05, 3.63) is 42.0 Å². The lowest BCUT2D eigenvalue weighted by Crippen LogP contribution is -2.43. The zero-order valence-corrected chi connectivity index (χ0v) is 20.2. The van der Waals surface area contributed by atoms with Gasteiger partial charge in [-0.15, -0.1) is 34.2 Å². The molecule has 1 aromatic carbocycles. The first-order valence-corrected chi connectivity index (χ1v) is 10.4. The van der Waals surface area contributed by atoms with E-state index in [2.05, 4.69) is 38.4 Å². The van der Waals surface area contributed by atoms with Gasteiger partial charge in [-0.3, -0.25) is 0 Å². The summed E-state index contributed by atoms with van der Waals surface area (Å²) in [6.45, 7) is 5.79. The third kappa shape index (κ3) is 7.75. The van der Waals surface area contributed by atoms with Gasteiger partial charge in [0.15, 0.2) is 5.96 Å². The SMILES string of the molecule is CCc1nncn1CCNC(=NCc1cccc(OC)c1)NCC1CCCCO1.I. The lowest BCUT2D eigenvalue weighted by atomic mass is 10.1. The summed E-state index contributed by atoms with van der Waals surface area (Å²) in [6, 6.07) is 7.99. The Kier molecular flexibility index (Phi) is 10.9. The highest BCUT2D eigenvalue weighted by Crippen LogP contribution is 2.13. The Labute approximate surface area is 195 Å². The molecule has 8 nitrogen and oxygen atoms in total. The summed E-state index contributed by atoms with van der Waals surface area (Å²) >= 11 is 0. The number of hydrogen-bond donors (Lipinski definition) is 2. The number of methoxy groups -OCH3 is 1. The van der Waals surface area contributed by atoms with Crippen LogP contribution < -0.4 is 15.4 Å². The van der Waals surface area contributed by atoms with Crippen LogP contribution in [-0.4, -0.2) is 53.6 Å². The van der Waals surface area contributed by atoms with E-state index in [-0.39, 0.29) is 30.1 Å². The Morgan fingerprint density at radius 1 is 1.33 bits per heavy atom. The second-order valence-corrected chi connectivity index (χ2v) is 7.11. The highest BCUT2D eigenvalue weighted by molar-refractivity contribution is 14.0. The third-order valence-corrected chi connectivity index (χ3v) is 4.98. The van der Waals surface area contributed by atoms with Crippen LogP contribution in [0.5, 0.6) is 5.75 Å². The Morgan fingerprint density at radius 2 is 2.23 bits per heavy atom. The van der Waals surface area contributed by atoms with E-state index in [0.29, 0.717) is 6.54 Å². The topological polar surface area (TPSA) is 85.6 Å². The zero-order chi connectivity index (χ0) is 20.3. The van der Waals surface area contributed by atoms with E-state index in [0.717, 1.165) is 68.6 Å². The minimum Gasteiger partial charge on any atom is -0.497 e. The molecule has 2 aromatic rings. The van der Waals surface area contributed by atoms with E-state index in [9.17, 15) is 0 Å². The molecule has 1 atom stereocenters. The van der Waals surface area contributed by atoms with Crippen LogP contribution in [0.4, 0.5) is 0 Å². The van der Waals surface area contributed by atoms with Gasteiger partial charge in [-0.25, -0.2) is 4.99 Å². The number of rotatable bonds is 9. The largest absolute Gasteiger partial charge is 0.497 e. The molecule has 3 rings (SSSR count). The van der Waals surface area contributed by atoms with E-state index < -0.39 is 0 Å². The van der Waals surface area contributed by atoms with Gasteiger partial charge in [-0.2, -0.15) is 0 Å². The summed E-state index contributed by atoms with van der Waals surface area (Å²) in [5.74, 6) is 2.62. The van der Waals surface area contributed by atoms with Gasteiger partial charge in [0.05, 0.1) is 19.8 Å². The van der Waals surface area contributed by atoms with Crippen LogP contribution in [0.2, 0.25) is 0 Å². The Balaban J connectivity index is 0.00000320. The highest BCUT2D eigenvalue weighted by atomic mass is 127. The Hall–Kier alpha value is -1.88. The van der Waals surface area contributed by atoms with Crippen molar-refractivity contribution in [1.29, 1.82) is 0 Å². The minimum absolute atomic E-state index is 0. The molecule has 9 heteroatoms. The molecule has 30 heavy (non-hydrogen) atoms. The van der Waals surface area contributed by atoms with Crippen LogP contribution in [0.1, 0.15) is 37.6 Å². The zero-order valence-electron chi connectivity index (χ0n) is 17.8. The minimum atomic E-state index is 0. The number of halogens is 1. The van der Waals surface area contributed by atoms with Gasteiger partial charge in [-0.1, -0.05) is 19.1 Å². The molecule has 0 amide bonds. The lowest BCUT2D eigenvalue weighted by molar-refractivity contribution is 0.0194. The smallest absolute Gasteiger partial charge is 0.191 e. The average molecular weight is 528 g/mol. The number of guanidine groups is 1. The summed E-state index contributed by atoms with van der Waals surface area (Å²) in [5, 5.41) is 15.0. The number of aliphatic imine (C=N–C) groups is 1. The second kappa shape index (κ2) is 13.4. The predicted molar refractivity (Wildman–Crippen MR) is 129 cm³/mol. The van der Waals surface area contributed by atoms with Crippen molar-refractivity contribution in [2.75, 3.05) is 26.8 Å². The molecule has 0 aliphatic carbocycles. The van der Waals surface area contributed by atoms with Crippen molar-refractivity contribution in [2.45, 2.75) is 51.8 Å². The van der Waals surface area contributed by atoms with Crippen LogP contribution in [0.15, 0.2) is 35.6 Å². The molecule has 0 radical (unpaired) electrons. The first kappa shape index (κ1) is 24.4. The Bertz CT molecular complexity index is 776. The van der Waals surface area contributed by atoms with Crippen molar-refractivity contribution >= 4 is 29.9 Å². The van der Waals surface area contributed by atoms with Crippen molar-refractivity contribution in [3.8, 4) is 5.75 Å². The maximum absolute atomic E-state index is 5.83.